The van der Waals surface area contributed by atoms with Crippen molar-refractivity contribution in [1.29, 1.82) is 0 Å². The number of halogens is 3. The number of hydrogen-bond acceptors (Lipinski definition) is 3. The highest BCUT2D eigenvalue weighted by Crippen LogP contribution is 2.34. The third-order valence-electron chi connectivity index (χ3n) is 3.59. The molecule has 1 aliphatic rings. The molecule has 3 rings (SSSR count). The second-order valence-corrected chi connectivity index (χ2v) is 5.23. The first kappa shape index (κ1) is 14.4. The van der Waals surface area contributed by atoms with Crippen molar-refractivity contribution in [3.63, 3.8) is 0 Å². The molecule has 0 saturated carbocycles. The fourth-order valence-corrected chi connectivity index (χ4v) is 2.52. The average molecular weight is 305 g/mol. The van der Waals surface area contributed by atoms with E-state index in [0.29, 0.717) is 29.3 Å². The van der Waals surface area contributed by atoms with E-state index in [-0.39, 0.29) is 0 Å². The smallest absolute Gasteiger partial charge is 0.397 e. The molecule has 3 nitrogen and oxygen atoms in total. The van der Waals surface area contributed by atoms with Gasteiger partial charge in [0.2, 0.25) is 0 Å². The van der Waals surface area contributed by atoms with Crippen LogP contribution >= 0.6 is 0 Å². The van der Waals surface area contributed by atoms with Gasteiger partial charge in [-0.3, -0.25) is 0 Å². The van der Waals surface area contributed by atoms with Crippen LogP contribution in [0.4, 0.5) is 24.5 Å². The molecule has 0 amide bonds. The Balaban J connectivity index is 2.10. The van der Waals surface area contributed by atoms with Crippen LogP contribution in [-0.4, -0.2) is 17.8 Å². The van der Waals surface area contributed by atoms with Gasteiger partial charge < -0.3 is 10.6 Å². The van der Waals surface area contributed by atoms with E-state index < -0.39 is 11.7 Å². The zero-order valence-electron chi connectivity index (χ0n) is 11.9. The number of para-hydroxylation sites is 1. The summed E-state index contributed by atoms with van der Waals surface area (Å²) in [6.07, 6.45) is -4.37. The Bertz CT molecular complexity index is 751. The van der Waals surface area contributed by atoms with Gasteiger partial charge in [0, 0.05) is 19.2 Å². The summed E-state index contributed by atoms with van der Waals surface area (Å²) in [5, 5.41) is 0. The molecule has 6 heteroatoms. The van der Waals surface area contributed by atoms with Crippen molar-refractivity contribution in [2.24, 2.45) is 4.99 Å². The molecular formula is C16H14F3N3. The summed E-state index contributed by atoms with van der Waals surface area (Å²) in [5.74, 6) is 0.483. The summed E-state index contributed by atoms with van der Waals surface area (Å²) in [4.78, 5) is 6.29. The predicted molar refractivity (Wildman–Crippen MR) is 80.0 cm³/mol. The molecule has 114 valence electrons. The largest absolute Gasteiger partial charge is 0.416 e. The number of amidine groups is 1. The normalized spacial score (nSPS) is 14.5. The minimum absolute atomic E-state index is 0.422. The molecule has 2 aromatic carbocycles. The lowest BCUT2D eigenvalue weighted by Crippen LogP contribution is -2.30. The molecule has 0 fully saturated rings. The number of aliphatic imine (C=N–C) groups is 1. The number of rotatable bonds is 1. The number of fused-ring (bicyclic) bond motifs is 1. The van der Waals surface area contributed by atoms with Crippen molar-refractivity contribution >= 4 is 17.2 Å². The van der Waals surface area contributed by atoms with Crippen molar-refractivity contribution in [1.82, 2.24) is 4.90 Å². The molecular weight excluding hydrogens is 291 g/mol. The first-order chi connectivity index (χ1) is 10.4. The Labute approximate surface area is 125 Å². The molecule has 0 spiro atoms. The van der Waals surface area contributed by atoms with Crippen molar-refractivity contribution in [3.05, 3.63) is 59.2 Å². The van der Waals surface area contributed by atoms with Gasteiger partial charge in [-0.25, -0.2) is 4.99 Å². The van der Waals surface area contributed by atoms with Gasteiger partial charge >= 0.3 is 6.18 Å². The number of anilines is 1. The quantitative estimate of drug-likeness (QED) is 0.814. The molecule has 0 unspecified atom stereocenters. The van der Waals surface area contributed by atoms with Crippen molar-refractivity contribution in [2.75, 3.05) is 12.8 Å². The highest BCUT2D eigenvalue weighted by atomic mass is 19.4. The van der Waals surface area contributed by atoms with Gasteiger partial charge in [0.25, 0.3) is 0 Å². The first-order valence-corrected chi connectivity index (χ1v) is 6.71. The molecule has 2 N–H and O–H groups in total. The molecule has 0 aliphatic carbocycles. The van der Waals surface area contributed by atoms with Crippen LogP contribution in [0.25, 0.3) is 0 Å². The highest BCUT2D eigenvalue weighted by Gasteiger charge is 2.31. The third kappa shape index (κ3) is 2.52. The van der Waals surface area contributed by atoms with Crippen molar-refractivity contribution < 1.29 is 13.2 Å². The second-order valence-electron chi connectivity index (χ2n) is 5.23. The van der Waals surface area contributed by atoms with E-state index in [0.717, 1.165) is 17.7 Å². The maximum Gasteiger partial charge on any atom is 0.416 e. The van der Waals surface area contributed by atoms with E-state index in [1.807, 2.05) is 17.0 Å². The molecule has 0 saturated heterocycles. The van der Waals surface area contributed by atoms with E-state index in [4.69, 9.17) is 5.73 Å². The Morgan fingerprint density at radius 1 is 1.14 bits per heavy atom. The van der Waals surface area contributed by atoms with Gasteiger partial charge in [0.05, 0.1) is 16.9 Å². The lowest BCUT2D eigenvalue weighted by Gasteiger charge is -2.27. The summed E-state index contributed by atoms with van der Waals surface area (Å²) < 4.78 is 38.6. The Kier molecular flexibility index (Phi) is 3.31. The Morgan fingerprint density at radius 2 is 1.86 bits per heavy atom. The van der Waals surface area contributed by atoms with Gasteiger partial charge in [0.1, 0.15) is 5.84 Å². The minimum Gasteiger partial charge on any atom is -0.397 e. The second kappa shape index (κ2) is 5.05. The van der Waals surface area contributed by atoms with Crippen LogP contribution in [0.1, 0.15) is 16.7 Å². The average Bonchev–Trinajstić information content (AvgIpc) is 2.46. The SMILES string of the molecule is CN1Cc2cccc(N)c2N=C1c1cccc(C(F)(F)F)c1. The number of hydrogen-bond donors (Lipinski definition) is 1. The number of nitrogens with two attached hydrogens (primary N) is 1. The van der Waals surface area contributed by atoms with Crippen LogP contribution in [0.5, 0.6) is 0 Å². The predicted octanol–water partition coefficient (Wildman–Crippen LogP) is 3.81. The van der Waals surface area contributed by atoms with Gasteiger partial charge in [-0.05, 0) is 23.8 Å². The lowest BCUT2D eigenvalue weighted by molar-refractivity contribution is -0.137. The zero-order valence-corrected chi connectivity index (χ0v) is 11.9. The van der Waals surface area contributed by atoms with E-state index >= 15 is 0 Å². The number of nitrogens with zero attached hydrogens (tertiary/aromatic N) is 2. The molecule has 1 aliphatic heterocycles. The van der Waals surface area contributed by atoms with Crippen molar-refractivity contribution in [2.45, 2.75) is 12.7 Å². The van der Waals surface area contributed by atoms with Crippen LogP contribution in [-0.2, 0) is 12.7 Å². The number of nitrogen functional groups attached to an aromatic ring is 1. The van der Waals surface area contributed by atoms with Gasteiger partial charge in [-0.2, -0.15) is 13.2 Å². The molecule has 22 heavy (non-hydrogen) atoms. The number of alkyl halides is 3. The van der Waals surface area contributed by atoms with Crippen molar-refractivity contribution in [3.8, 4) is 0 Å². The maximum atomic E-state index is 12.9. The summed E-state index contributed by atoms with van der Waals surface area (Å²) in [6.45, 7) is 0.551. The van der Waals surface area contributed by atoms with E-state index in [1.54, 1.807) is 19.2 Å². The molecule has 0 aromatic heterocycles. The molecule has 2 aromatic rings. The summed E-state index contributed by atoms with van der Waals surface area (Å²) in [6, 6.07) is 10.7. The molecule has 0 radical (unpaired) electrons. The van der Waals surface area contributed by atoms with Gasteiger partial charge in [-0.15, -0.1) is 0 Å². The van der Waals surface area contributed by atoms with Gasteiger partial charge in [0.15, 0.2) is 0 Å². The summed E-state index contributed by atoms with van der Waals surface area (Å²) in [5.41, 5.74) is 7.77. The van der Waals surface area contributed by atoms with E-state index in [1.165, 1.54) is 6.07 Å². The molecule has 0 bridgehead atoms. The third-order valence-corrected chi connectivity index (χ3v) is 3.59. The lowest BCUT2D eigenvalue weighted by atomic mass is 10.1. The monoisotopic (exact) mass is 305 g/mol. The highest BCUT2D eigenvalue weighted by molar-refractivity contribution is 6.02. The van der Waals surface area contributed by atoms with Crippen LogP contribution in [0.3, 0.4) is 0 Å². The standard InChI is InChI=1S/C16H14F3N3/c1-22-9-11-5-3-7-13(20)14(11)21-15(22)10-4-2-6-12(8-10)16(17,18)19/h2-8H,9,20H2,1H3. The fraction of sp³-hybridized carbons (Fsp3) is 0.188. The van der Waals surface area contributed by atoms with Crippen LogP contribution in [0.2, 0.25) is 0 Å². The van der Waals surface area contributed by atoms with Crippen LogP contribution in [0.15, 0.2) is 47.5 Å². The zero-order chi connectivity index (χ0) is 15.9. The van der Waals surface area contributed by atoms with Crippen LogP contribution in [0, 0.1) is 0 Å². The Morgan fingerprint density at radius 3 is 2.59 bits per heavy atom. The first-order valence-electron chi connectivity index (χ1n) is 6.71. The van der Waals surface area contributed by atoms with Gasteiger partial charge in [-0.1, -0.05) is 24.3 Å². The van der Waals surface area contributed by atoms with E-state index in [2.05, 4.69) is 4.99 Å². The minimum atomic E-state index is -4.37. The summed E-state index contributed by atoms with van der Waals surface area (Å²) in [7, 11) is 1.80. The van der Waals surface area contributed by atoms with E-state index in [9.17, 15) is 13.2 Å². The fourth-order valence-electron chi connectivity index (χ4n) is 2.52. The number of benzene rings is 2. The topological polar surface area (TPSA) is 41.6 Å². The molecule has 1 heterocycles. The summed E-state index contributed by atoms with van der Waals surface area (Å²) >= 11 is 0. The molecule has 0 atom stereocenters. The maximum absolute atomic E-state index is 12.9. The Hall–Kier alpha value is -2.50. The van der Waals surface area contributed by atoms with Crippen LogP contribution < -0.4 is 5.73 Å².